The molecule has 0 fully saturated rings. The molecule has 0 aliphatic rings. The van der Waals surface area contributed by atoms with Gasteiger partial charge in [0.25, 0.3) is 0 Å². The van der Waals surface area contributed by atoms with Crippen LogP contribution in [0.4, 0.5) is 11.8 Å². The van der Waals surface area contributed by atoms with Crippen LogP contribution in [0.1, 0.15) is 25.3 Å². The predicted molar refractivity (Wildman–Crippen MR) is 119 cm³/mol. The van der Waals surface area contributed by atoms with E-state index in [0.717, 1.165) is 12.0 Å². The lowest BCUT2D eigenvalue weighted by Gasteiger charge is -2.18. The highest BCUT2D eigenvalue weighted by molar-refractivity contribution is 5.88. The van der Waals surface area contributed by atoms with Crippen LogP contribution in [0.3, 0.4) is 0 Å². The highest BCUT2D eigenvalue weighted by Crippen LogP contribution is 2.26. The fourth-order valence-electron chi connectivity index (χ4n) is 3.16. The Labute approximate surface area is 181 Å². The molecule has 1 atom stereocenters. The van der Waals surface area contributed by atoms with Gasteiger partial charge in [0.1, 0.15) is 23.1 Å². The van der Waals surface area contributed by atoms with Crippen molar-refractivity contribution in [2.75, 3.05) is 32.0 Å². The molecule has 0 aliphatic heterocycles. The van der Waals surface area contributed by atoms with Crippen molar-refractivity contribution in [3.8, 4) is 11.5 Å². The molecule has 0 amide bonds. The molecule has 3 aromatic rings. The number of esters is 1. The number of ether oxygens (including phenoxy) is 3. The summed E-state index contributed by atoms with van der Waals surface area (Å²) >= 11 is 0. The van der Waals surface area contributed by atoms with Crippen molar-refractivity contribution < 1.29 is 19.0 Å². The molecule has 2 N–H and O–H groups in total. The largest absolute Gasteiger partial charge is 0.497 e. The highest BCUT2D eigenvalue weighted by atomic mass is 16.5. The standard InChI is InChI=1S/C22H27N5O4/c1-5-7-17(21(28)31-4)25-20-19-16(8-6-11-23-19)26-22(27-20)24-13-14-9-10-15(29-2)12-18(14)30-3/h6,8-12,17H,5,7,13H2,1-4H3,(H2,24,25,26,27)/t17-/m0/s1. The van der Waals surface area contributed by atoms with E-state index in [1.54, 1.807) is 26.5 Å². The van der Waals surface area contributed by atoms with Crippen molar-refractivity contribution in [3.05, 3.63) is 42.1 Å². The number of methoxy groups -OCH3 is 3. The van der Waals surface area contributed by atoms with Crippen molar-refractivity contribution in [2.24, 2.45) is 0 Å². The van der Waals surface area contributed by atoms with Crippen molar-refractivity contribution >= 4 is 28.8 Å². The molecule has 0 saturated carbocycles. The Bertz CT molecular complexity index is 1040. The van der Waals surface area contributed by atoms with Gasteiger partial charge < -0.3 is 24.8 Å². The minimum Gasteiger partial charge on any atom is -0.497 e. The molecule has 2 aromatic heterocycles. The average Bonchev–Trinajstić information content (AvgIpc) is 2.81. The van der Waals surface area contributed by atoms with Gasteiger partial charge in [0.2, 0.25) is 5.95 Å². The molecule has 9 heteroatoms. The molecule has 0 aliphatic carbocycles. The second-order valence-corrected chi connectivity index (χ2v) is 6.81. The van der Waals surface area contributed by atoms with E-state index in [-0.39, 0.29) is 5.97 Å². The molecular formula is C22H27N5O4. The Morgan fingerprint density at radius 3 is 2.68 bits per heavy atom. The number of nitrogens with zero attached hydrogens (tertiary/aromatic N) is 3. The second-order valence-electron chi connectivity index (χ2n) is 6.81. The minimum atomic E-state index is -0.523. The molecule has 164 valence electrons. The molecule has 0 saturated heterocycles. The van der Waals surface area contributed by atoms with Crippen LogP contribution in [-0.2, 0) is 16.1 Å². The van der Waals surface area contributed by atoms with Crippen LogP contribution in [0, 0.1) is 0 Å². The summed E-state index contributed by atoms with van der Waals surface area (Å²) < 4.78 is 15.6. The zero-order chi connectivity index (χ0) is 22.2. The molecule has 0 spiro atoms. The monoisotopic (exact) mass is 425 g/mol. The van der Waals surface area contributed by atoms with Gasteiger partial charge in [-0.25, -0.2) is 9.78 Å². The Balaban J connectivity index is 1.89. The van der Waals surface area contributed by atoms with E-state index in [2.05, 4.69) is 25.6 Å². The number of aromatic nitrogens is 3. The summed E-state index contributed by atoms with van der Waals surface area (Å²) in [5.74, 6) is 1.94. The SMILES string of the molecule is CCC[C@H](Nc1nc(NCc2ccc(OC)cc2OC)nc2cccnc12)C(=O)OC. The summed E-state index contributed by atoms with van der Waals surface area (Å²) in [6.45, 7) is 2.44. The zero-order valence-electron chi connectivity index (χ0n) is 18.1. The van der Waals surface area contributed by atoms with Crippen LogP contribution >= 0.6 is 0 Å². The topological polar surface area (TPSA) is 107 Å². The molecule has 0 bridgehead atoms. The van der Waals surface area contributed by atoms with Crippen molar-refractivity contribution in [2.45, 2.75) is 32.4 Å². The van der Waals surface area contributed by atoms with Gasteiger partial charge in [-0.3, -0.25) is 4.98 Å². The third-order valence-electron chi connectivity index (χ3n) is 4.76. The molecule has 0 radical (unpaired) electrons. The van der Waals surface area contributed by atoms with Gasteiger partial charge in [-0.05, 0) is 30.7 Å². The van der Waals surface area contributed by atoms with Gasteiger partial charge in [0.15, 0.2) is 5.82 Å². The van der Waals surface area contributed by atoms with Gasteiger partial charge >= 0.3 is 5.97 Å². The fourth-order valence-corrected chi connectivity index (χ4v) is 3.16. The van der Waals surface area contributed by atoms with Crippen LogP contribution in [0.25, 0.3) is 11.0 Å². The predicted octanol–water partition coefficient (Wildman–Crippen LogP) is 3.41. The van der Waals surface area contributed by atoms with Gasteiger partial charge in [-0.2, -0.15) is 4.98 Å². The normalized spacial score (nSPS) is 11.6. The second kappa shape index (κ2) is 10.4. The van der Waals surface area contributed by atoms with Crippen LogP contribution < -0.4 is 20.1 Å². The molecule has 2 heterocycles. The summed E-state index contributed by atoms with van der Waals surface area (Å²) in [5, 5.41) is 6.41. The number of rotatable bonds is 10. The first-order valence-electron chi connectivity index (χ1n) is 10.0. The van der Waals surface area contributed by atoms with E-state index in [1.807, 2.05) is 31.2 Å². The summed E-state index contributed by atoms with van der Waals surface area (Å²) in [7, 11) is 4.59. The molecule has 3 rings (SSSR count). The van der Waals surface area contributed by atoms with Gasteiger partial charge in [0.05, 0.1) is 26.8 Å². The van der Waals surface area contributed by atoms with Crippen LogP contribution in [0.2, 0.25) is 0 Å². The Morgan fingerprint density at radius 2 is 1.97 bits per heavy atom. The fraction of sp³-hybridized carbons (Fsp3) is 0.364. The summed E-state index contributed by atoms with van der Waals surface area (Å²) in [6, 6.07) is 8.73. The first-order valence-corrected chi connectivity index (χ1v) is 10.0. The number of hydrogen-bond donors (Lipinski definition) is 2. The van der Waals surface area contributed by atoms with Crippen LogP contribution in [-0.4, -0.2) is 48.3 Å². The molecule has 9 nitrogen and oxygen atoms in total. The summed E-state index contributed by atoms with van der Waals surface area (Å²) in [6.07, 6.45) is 3.08. The number of nitrogens with one attached hydrogen (secondary N) is 2. The summed E-state index contributed by atoms with van der Waals surface area (Å²) in [4.78, 5) is 25.7. The van der Waals surface area contributed by atoms with Gasteiger partial charge in [-0.1, -0.05) is 13.3 Å². The lowest BCUT2D eigenvalue weighted by molar-refractivity contribution is -0.141. The summed E-state index contributed by atoms with van der Waals surface area (Å²) in [5.41, 5.74) is 2.16. The number of carbonyl (C=O) groups is 1. The Morgan fingerprint density at radius 1 is 1.13 bits per heavy atom. The van der Waals surface area contributed by atoms with Gasteiger partial charge in [0, 0.05) is 24.4 Å². The maximum atomic E-state index is 12.2. The molecule has 0 unspecified atom stereocenters. The number of fused-ring (bicyclic) bond motifs is 1. The van der Waals surface area contributed by atoms with Crippen LogP contribution in [0.15, 0.2) is 36.5 Å². The van der Waals surface area contributed by atoms with E-state index in [1.165, 1.54) is 7.11 Å². The maximum absolute atomic E-state index is 12.2. The lowest BCUT2D eigenvalue weighted by Crippen LogP contribution is -2.31. The van der Waals surface area contributed by atoms with Gasteiger partial charge in [-0.15, -0.1) is 0 Å². The van der Waals surface area contributed by atoms with Crippen molar-refractivity contribution in [1.82, 2.24) is 15.0 Å². The third kappa shape index (κ3) is 5.30. The van der Waals surface area contributed by atoms with E-state index < -0.39 is 6.04 Å². The maximum Gasteiger partial charge on any atom is 0.328 e. The zero-order valence-corrected chi connectivity index (χ0v) is 18.1. The number of carbonyl (C=O) groups excluding carboxylic acids is 1. The minimum absolute atomic E-state index is 0.345. The van der Waals surface area contributed by atoms with E-state index in [4.69, 9.17) is 14.2 Å². The quantitative estimate of drug-likeness (QED) is 0.472. The van der Waals surface area contributed by atoms with E-state index >= 15 is 0 Å². The lowest BCUT2D eigenvalue weighted by atomic mass is 10.1. The molecule has 31 heavy (non-hydrogen) atoms. The number of anilines is 2. The molecular weight excluding hydrogens is 398 g/mol. The highest BCUT2D eigenvalue weighted by Gasteiger charge is 2.21. The van der Waals surface area contributed by atoms with Crippen molar-refractivity contribution in [3.63, 3.8) is 0 Å². The number of benzene rings is 1. The van der Waals surface area contributed by atoms with E-state index in [9.17, 15) is 4.79 Å². The number of hydrogen-bond acceptors (Lipinski definition) is 9. The Kier molecular flexibility index (Phi) is 7.42. The third-order valence-corrected chi connectivity index (χ3v) is 4.76. The molecule has 1 aromatic carbocycles. The van der Waals surface area contributed by atoms with Crippen LogP contribution in [0.5, 0.6) is 11.5 Å². The average molecular weight is 425 g/mol. The van der Waals surface area contributed by atoms with Crippen molar-refractivity contribution in [1.29, 1.82) is 0 Å². The van der Waals surface area contributed by atoms with E-state index in [0.29, 0.717) is 47.3 Å². The first kappa shape index (κ1) is 22.1. The number of pyridine rings is 1. The first-order chi connectivity index (χ1) is 15.1. The Hall–Kier alpha value is -3.62. The smallest absolute Gasteiger partial charge is 0.328 e.